The first kappa shape index (κ1) is 24.5. The number of carbonyl (C=O) groups excluding carboxylic acids is 2. The molecule has 1 fully saturated rings. The van der Waals surface area contributed by atoms with Crippen molar-refractivity contribution in [2.24, 2.45) is 0 Å². The number of amides is 2. The third-order valence-electron chi connectivity index (χ3n) is 6.75. The molecule has 3 heterocycles. The zero-order chi connectivity index (χ0) is 24.8. The van der Waals surface area contributed by atoms with Crippen molar-refractivity contribution >= 4 is 23.2 Å². The second-order valence-electron chi connectivity index (χ2n) is 9.28. The molecule has 0 bridgehead atoms. The fourth-order valence-corrected chi connectivity index (χ4v) is 5.65. The standard InChI is InChI=1S/C28H31N3O4S/c32-26(23-19-36-25(30-23)18-21-8-2-1-3-9-21)31-15-17-35-28(20-31)13-7-6-11-22-10-4-5-12-24(22)34-16-14-29-27(28)33/h1-5,8-10,12,19H,6-7,11,13-18,20H2,(H,29,33). The van der Waals surface area contributed by atoms with Crippen molar-refractivity contribution in [2.75, 3.05) is 32.8 Å². The third-order valence-corrected chi connectivity index (χ3v) is 7.60. The van der Waals surface area contributed by atoms with Crippen molar-refractivity contribution in [3.63, 3.8) is 0 Å². The molecule has 5 rings (SSSR count). The summed E-state index contributed by atoms with van der Waals surface area (Å²) in [6.07, 6.45) is 3.84. The number of benzene rings is 2. The summed E-state index contributed by atoms with van der Waals surface area (Å²) in [5.41, 5.74) is 1.71. The molecule has 1 spiro atoms. The molecule has 8 heteroatoms. The third kappa shape index (κ3) is 5.60. The molecular formula is C28H31N3O4S. The van der Waals surface area contributed by atoms with Crippen molar-refractivity contribution in [1.29, 1.82) is 0 Å². The SMILES string of the molecule is O=C(c1csc(Cc2ccccc2)n1)N1CCOC2(CCCCc3ccccc3OCCNC2=O)C1. The van der Waals surface area contributed by atoms with Crippen molar-refractivity contribution < 1.29 is 19.1 Å². The summed E-state index contributed by atoms with van der Waals surface area (Å²) in [6, 6.07) is 18.2. The molecule has 0 radical (unpaired) electrons. The van der Waals surface area contributed by atoms with Gasteiger partial charge >= 0.3 is 0 Å². The van der Waals surface area contributed by atoms with Gasteiger partial charge in [0.25, 0.3) is 11.8 Å². The molecule has 1 unspecified atom stereocenters. The normalized spacial score (nSPS) is 21.0. The molecule has 2 amide bonds. The van der Waals surface area contributed by atoms with Gasteiger partial charge in [-0.15, -0.1) is 11.3 Å². The number of ether oxygens (including phenoxy) is 2. The Kier molecular flexibility index (Phi) is 7.63. The molecule has 2 aromatic carbocycles. The Balaban J connectivity index is 1.27. The maximum Gasteiger partial charge on any atom is 0.273 e. The Hall–Kier alpha value is -3.23. The van der Waals surface area contributed by atoms with E-state index >= 15 is 0 Å². The zero-order valence-electron chi connectivity index (χ0n) is 20.3. The van der Waals surface area contributed by atoms with E-state index in [9.17, 15) is 9.59 Å². The Morgan fingerprint density at radius 3 is 2.81 bits per heavy atom. The Bertz CT molecular complexity index is 1200. The maximum atomic E-state index is 13.4. The minimum absolute atomic E-state index is 0.149. The molecule has 2 aliphatic rings. The number of rotatable bonds is 3. The fraction of sp³-hybridized carbons (Fsp3) is 0.393. The Labute approximate surface area is 215 Å². The minimum atomic E-state index is -1.06. The van der Waals surface area contributed by atoms with Crippen LogP contribution in [0.5, 0.6) is 5.75 Å². The van der Waals surface area contributed by atoms with Crippen LogP contribution in [0.3, 0.4) is 0 Å². The number of hydrogen-bond donors (Lipinski definition) is 1. The Morgan fingerprint density at radius 2 is 1.92 bits per heavy atom. The largest absolute Gasteiger partial charge is 0.491 e. The molecule has 2 aliphatic heterocycles. The highest BCUT2D eigenvalue weighted by atomic mass is 32.1. The molecule has 1 atom stereocenters. The van der Waals surface area contributed by atoms with Crippen LogP contribution in [-0.2, 0) is 22.4 Å². The average Bonchev–Trinajstić information content (AvgIpc) is 3.37. The molecular weight excluding hydrogens is 474 g/mol. The highest BCUT2D eigenvalue weighted by Crippen LogP contribution is 2.28. The number of hydrogen-bond acceptors (Lipinski definition) is 6. The number of para-hydroxylation sites is 1. The van der Waals surface area contributed by atoms with E-state index in [1.54, 1.807) is 4.90 Å². The van der Waals surface area contributed by atoms with Crippen LogP contribution >= 0.6 is 11.3 Å². The van der Waals surface area contributed by atoms with Crippen LogP contribution in [0.25, 0.3) is 0 Å². The zero-order valence-corrected chi connectivity index (χ0v) is 21.1. The maximum absolute atomic E-state index is 13.4. The van der Waals surface area contributed by atoms with Crippen LogP contribution in [0.15, 0.2) is 60.0 Å². The van der Waals surface area contributed by atoms with E-state index in [1.807, 2.05) is 41.8 Å². The van der Waals surface area contributed by atoms with Crippen LogP contribution in [-0.4, -0.2) is 60.1 Å². The molecule has 188 valence electrons. The summed E-state index contributed by atoms with van der Waals surface area (Å²) >= 11 is 1.49. The van der Waals surface area contributed by atoms with E-state index in [4.69, 9.17) is 9.47 Å². The van der Waals surface area contributed by atoms with Gasteiger partial charge in [0.15, 0.2) is 5.60 Å². The van der Waals surface area contributed by atoms with Gasteiger partial charge in [-0.1, -0.05) is 48.5 Å². The van der Waals surface area contributed by atoms with E-state index in [1.165, 1.54) is 16.9 Å². The molecule has 7 nitrogen and oxygen atoms in total. The number of aromatic nitrogens is 1. The summed E-state index contributed by atoms with van der Waals surface area (Å²) < 4.78 is 12.0. The molecule has 1 saturated heterocycles. The lowest BCUT2D eigenvalue weighted by molar-refractivity contribution is -0.159. The van der Waals surface area contributed by atoms with Gasteiger partial charge in [0.05, 0.1) is 24.7 Å². The van der Waals surface area contributed by atoms with E-state index in [0.717, 1.165) is 35.6 Å². The monoisotopic (exact) mass is 505 g/mol. The summed E-state index contributed by atoms with van der Waals surface area (Å²) in [5.74, 6) is 0.549. The predicted octanol–water partition coefficient (Wildman–Crippen LogP) is 3.87. The van der Waals surface area contributed by atoms with E-state index in [-0.39, 0.29) is 18.4 Å². The molecule has 36 heavy (non-hydrogen) atoms. The highest BCUT2D eigenvalue weighted by molar-refractivity contribution is 7.09. The highest BCUT2D eigenvalue weighted by Gasteiger charge is 2.44. The van der Waals surface area contributed by atoms with Gasteiger partial charge in [0.1, 0.15) is 18.1 Å². The van der Waals surface area contributed by atoms with Gasteiger partial charge < -0.3 is 19.7 Å². The molecule has 0 saturated carbocycles. The number of morpholine rings is 1. The first-order valence-electron chi connectivity index (χ1n) is 12.5. The first-order valence-corrected chi connectivity index (χ1v) is 13.4. The first-order chi connectivity index (χ1) is 17.6. The average molecular weight is 506 g/mol. The van der Waals surface area contributed by atoms with E-state index in [0.29, 0.717) is 44.8 Å². The molecule has 1 aromatic heterocycles. The molecule has 3 aromatic rings. The van der Waals surface area contributed by atoms with E-state index < -0.39 is 5.60 Å². The minimum Gasteiger partial charge on any atom is -0.491 e. The van der Waals surface area contributed by atoms with Crippen LogP contribution in [0.1, 0.15) is 45.9 Å². The molecule has 1 N–H and O–H groups in total. The number of nitrogens with one attached hydrogen (secondary N) is 1. The van der Waals surface area contributed by atoms with Gasteiger partial charge in [-0.3, -0.25) is 9.59 Å². The van der Waals surface area contributed by atoms with Crippen molar-refractivity contribution in [2.45, 2.75) is 37.7 Å². The number of fused-ring (bicyclic) bond motifs is 1. The van der Waals surface area contributed by atoms with Crippen LogP contribution in [0.4, 0.5) is 0 Å². The van der Waals surface area contributed by atoms with Gasteiger partial charge in [-0.2, -0.15) is 0 Å². The topological polar surface area (TPSA) is 80.8 Å². The van der Waals surface area contributed by atoms with Gasteiger partial charge in [-0.05, 0) is 42.9 Å². The second kappa shape index (κ2) is 11.2. The summed E-state index contributed by atoms with van der Waals surface area (Å²) in [4.78, 5) is 33.0. The van der Waals surface area contributed by atoms with Crippen LogP contribution in [0.2, 0.25) is 0 Å². The summed E-state index contributed by atoms with van der Waals surface area (Å²) in [7, 11) is 0. The lowest BCUT2D eigenvalue weighted by Gasteiger charge is -2.41. The quantitative estimate of drug-likeness (QED) is 0.585. The lowest BCUT2D eigenvalue weighted by Crippen LogP contribution is -2.61. The smallest absolute Gasteiger partial charge is 0.273 e. The Morgan fingerprint density at radius 1 is 1.08 bits per heavy atom. The summed E-state index contributed by atoms with van der Waals surface area (Å²) in [5, 5.41) is 5.70. The second-order valence-corrected chi connectivity index (χ2v) is 10.2. The number of thiazole rings is 1. The van der Waals surface area contributed by atoms with Crippen molar-refractivity contribution in [3.05, 3.63) is 81.8 Å². The fourth-order valence-electron chi connectivity index (χ4n) is 4.85. The van der Waals surface area contributed by atoms with Crippen LogP contribution < -0.4 is 10.1 Å². The van der Waals surface area contributed by atoms with Crippen molar-refractivity contribution in [3.8, 4) is 5.75 Å². The molecule has 0 aliphatic carbocycles. The number of aryl methyl sites for hydroxylation is 1. The van der Waals surface area contributed by atoms with E-state index in [2.05, 4.69) is 28.5 Å². The number of carbonyl (C=O) groups is 2. The van der Waals surface area contributed by atoms with Crippen LogP contribution in [0, 0.1) is 0 Å². The van der Waals surface area contributed by atoms with Gasteiger partial charge in [0.2, 0.25) is 0 Å². The van der Waals surface area contributed by atoms with Gasteiger partial charge in [-0.25, -0.2) is 4.98 Å². The van der Waals surface area contributed by atoms with Gasteiger partial charge in [0, 0.05) is 18.3 Å². The van der Waals surface area contributed by atoms with Crippen molar-refractivity contribution in [1.82, 2.24) is 15.2 Å². The lowest BCUT2D eigenvalue weighted by atomic mass is 9.91. The summed E-state index contributed by atoms with van der Waals surface area (Å²) in [6.45, 7) is 1.74. The number of nitrogens with zero attached hydrogens (tertiary/aromatic N) is 2. The predicted molar refractivity (Wildman–Crippen MR) is 138 cm³/mol.